The third kappa shape index (κ3) is 4.20. The van der Waals surface area contributed by atoms with E-state index in [2.05, 4.69) is 20.6 Å². The molecule has 120 valence electrons. The minimum absolute atomic E-state index is 0.0763. The lowest BCUT2D eigenvalue weighted by atomic mass is 9.96. The van der Waals surface area contributed by atoms with Gasteiger partial charge in [0, 0.05) is 17.9 Å². The SMILES string of the molecule is N=C(Cl)c1cnc(NC2CCCCC2)nc1Nc1ccccc1. The lowest BCUT2D eigenvalue weighted by Crippen LogP contribution is -2.23. The van der Waals surface area contributed by atoms with E-state index in [9.17, 15) is 0 Å². The van der Waals surface area contributed by atoms with E-state index in [1.54, 1.807) is 6.20 Å². The molecular formula is C17H20ClN5. The molecule has 0 unspecified atom stereocenters. The Bertz CT molecular complexity index is 668. The van der Waals surface area contributed by atoms with Crippen molar-refractivity contribution >= 4 is 34.2 Å². The van der Waals surface area contributed by atoms with E-state index in [1.165, 1.54) is 19.3 Å². The third-order valence-electron chi connectivity index (χ3n) is 4.00. The van der Waals surface area contributed by atoms with E-state index in [4.69, 9.17) is 17.0 Å². The number of para-hydroxylation sites is 1. The Kier molecular flexibility index (Phi) is 5.08. The van der Waals surface area contributed by atoms with Gasteiger partial charge in [-0.2, -0.15) is 4.98 Å². The Balaban J connectivity index is 1.82. The van der Waals surface area contributed by atoms with Gasteiger partial charge in [0.2, 0.25) is 5.95 Å². The first kappa shape index (κ1) is 15.7. The van der Waals surface area contributed by atoms with Crippen molar-refractivity contribution in [1.29, 1.82) is 5.41 Å². The van der Waals surface area contributed by atoms with Gasteiger partial charge in [0.1, 0.15) is 11.0 Å². The summed E-state index contributed by atoms with van der Waals surface area (Å²) in [6.45, 7) is 0. The van der Waals surface area contributed by atoms with Gasteiger partial charge in [0.25, 0.3) is 0 Å². The van der Waals surface area contributed by atoms with Crippen LogP contribution in [0.3, 0.4) is 0 Å². The molecule has 1 fully saturated rings. The van der Waals surface area contributed by atoms with E-state index in [-0.39, 0.29) is 5.17 Å². The minimum Gasteiger partial charge on any atom is -0.351 e. The molecule has 3 rings (SSSR count). The number of aromatic nitrogens is 2. The fourth-order valence-electron chi connectivity index (χ4n) is 2.79. The van der Waals surface area contributed by atoms with Gasteiger partial charge in [-0.3, -0.25) is 5.41 Å². The highest BCUT2D eigenvalue weighted by Crippen LogP contribution is 2.24. The molecule has 0 aliphatic heterocycles. The van der Waals surface area contributed by atoms with Crippen molar-refractivity contribution in [3.05, 3.63) is 42.1 Å². The Labute approximate surface area is 141 Å². The number of nitrogens with zero attached hydrogens (tertiary/aromatic N) is 2. The van der Waals surface area contributed by atoms with E-state index in [1.807, 2.05) is 30.3 Å². The van der Waals surface area contributed by atoms with E-state index in [0.29, 0.717) is 23.4 Å². The fourth-order valence-corrected chi connectivity index (χ4v) is 2.93. The van der Waals surface area contributed by atoms with Gasteiger partial charge in [-0.25, -0.2) is 4.98 Å². The molecule has 1 heterocycles. The second kappa shape index (κ2) is 7.42. The van der Waals surface area contributed by atoms with Crippen molar-refractivity contribution < 1.29 is 0 Å². The summed E-state index contributed by atoms with van der Waals surface area (Å²) in [6.07, 6.45) is 7.70. The summed E-state index contributed by atoms with van der Waals surface area (Å²) in [6, 6.07) is 10.1. The minimum atomic E-state index is -0.0763. The molecule has 0 atom stereocenters. The molecule has 1 aliphatic rings. The van der Waals surface area contributed by atoms with E-state index in [0.717, 1.165) is 18.5 Å². The van der Waals surface area contributed by atoms with Crippen LogP contribution in [0.25, 0.3) is 0 Å². The normalized spacial score (nSPS) is 15.2. The van der Waals surface area contributed by atoms with Gasteiger partial charge in [-0.15, -0.1) is 0 Å². The molecular weight excluding hydrogens is 310 g/mol. The number of anilines is 3. The molecule has 2 aromatic rings. The lowest BCUT2D eigenvalue weighted by molar-refractivity contribution is 0.461. The molecule has 1 saturated carbocycles. The fraction of sp³-hybridized carbons (Fsp3) is 0.353. The molecule has 0 spiro atoms. The molecule has 0 amide bonds. The van der Waals surface area contributed by atoms with Crippen LogP contribution in [0.4, 0.5) is 17.5 Å². The number of halogens is 1. The van der Waals surface area contributed by atoms with Crippen LogP contribution in [0.5, 0.6) is 0 Å². The second-order valence-electron chi connectivity index (χ2n) is 5.74. The van der Waals surface area contributed by atoms with Crippen molar-refractivity contribution in [1.82, 2.24) is 9.97 Å². The molecule has 0 bridgehead atoms. The predicted molar refractivity (Wildman–Crippen MR) is 94.9 cm³/mol. The first-order chi connectivity index (χ1) is 11.2. The summed E-state index contributed by atoms with van der Waals surface area (Å²) in [7, 11) is 0. The summed E-state index contributed by atoms with van der Waals surface area (Å²) < 4.78 is 0. The number of benzene rings is 1. The number of hydrogen-bond acceptors (Lipinski definition) is 5. The standard InChI is InChI=1S/C17H20ClN5/c18-15(19)14-11-20-17(22-13-9-5-2-6-10-13)23-16(14)21-12-7-3-1-4-8-12/h1,3-4,7-8,11,13,19H,2,5-6,9-10H2,(H2,20,21,22,23). The molecule has 3 N–H and O–H groups in total. The van der Waals surface area contributed by atoms with Gasteiger partial charge in [-0.1, -0.05) is 49.1 Å². The van der Waals surface area contributed by atoms with Crippen LogP contribution >= 0.6 is 11.6 Å². The quantitative estimate of drug-likeness (QED) is 0.705. The van der Waals surface area contributed by atoms with Crippen molar-refractivity contribution in [3.63, 3.8) is 0 Å². The van der Waals surface area contributed by atoms with Crippen LogP contribution in [-0.4, -0.2) is 21.2 Å². The molecule has 0 saturated heterocycles. The van der Waals surface area contributed by atoms with Gasteiger partial charge < -0.3 is 10.6 Å². The molecule has 0 radical (unpaired) electrons. The molecule has 6 heteroatoms. The van der Waals surface area contributed by atoms with Crippen molar-refractivity contribution in [3.8, 4) is 0 Å². The zero-order valence-electron chi connectivity index (χ0n) is 12.8. The van der Waals surface area contributed by atoms with Crippen LogP contribution in [0.15, 0.2) is 36.5 Å². The van der Waals surface area contributed by atoms with E-state index >= 15 is 0 Å². The highest BCUT2D eigenvalue weighted by Gasteiger charge is 2.16. The maximum Gasteiger partial charge on any atom is 0.224 e. The molecule has 1 aliphatic carbocycles. The van der Waals surface area contributed by atoms with Crippen LogP contribution in [0.2, 0.25) is 0 Å². The summed E-state index contributed by atoms with van der Waals surface area (Å²) in [5.74, 6) is 1.13. The molecule has 1 aromatic carbocycles. The second-order valence-corrected chi connectivity index (χ2v) is 6.12. The molecule has 1 aromatic heterocycles. The summed E-state index contributed by atoms with van der Waals surface area (Å²) in [5, 5.41) is 14.2. The third-order valence-corrected chi connectivity index (χ3v) is 4.20. The topological polar surface area (TPSA) is 73.7 Å². The maximum atomic E-state index is 7.69. The van der Waals surface area contributed by atoms with Crippen molar-refractivity contribution in [2.24, 2.45) is 0 Å². The van der Waals surface area contributed by atoms with Gasteiger partial charge in [0.05, 0.1) is 5.56 Å². The van der Waals surface area contributed by atoms with E-state index < -0.39 is 0 Å². The average molecular weight is 330 g/mol. The Morgan fingerprint density at radius 3 is 2.57 bits per heavy atom. The number of hydrogen-bond donors (Lipinski definition) is 3. The predicted octanol–water partition coefficient (Wildman–Crippen LogP) is 4.53. The first-order valence-corrected chi connectivity index (χ1v) is 8.30. The van der Waals surface area contributed by atoms with Gasteiger partial charge >= 0.3 is 0 Å². The van der Waals surface area contributed by atoms with Crippen molar-refractivity contribution in [2.75, 3.05) is 10.6 Å². The monoisotopic (exact) mass is 329 g/mol. The van der Waals surface area contributed by atoms with Crippen molar-refractivity contribution in [2.45, 2.75) is 38.1 Å². The highest BCUT2D eigenvalue weighted by atomic mass is 35.5. The van der Waals surface area contributed by atoms with Crippen LogP contribution < -0.4 is 10.6 Å². The molecule has 5 nitrogen and oxygen atoms in total. The number of nitrogens with one attached hydrogen (secondary N) is 3. The van der Waals surface area contributed by atoms with Crippen LogP contribution in [0.1, 0.15) is 37.7 Å². The summed E-state index contributed by atoms with van der Waals surface area (Å²) >= 11 is 5.86. The van der Waals surface area contributed by atoms with Gasteiger partial charge in [-0.05, 0) is 25.0 Å². The largest absolute Gasteiger partial charge is 0.351 e. The lowest BCUT2D eigenvalue weighted by Gasteiger charge is -2.23. The Morgan fingerprint density at radius 2 is 1.87 bits per heavy atom. The summed E-state index contributed by atoms with van der Waals surface area (Å²) in [5.41, 5.74) is 1.39. The zero-order chi connectivity index (χ0) is 16.1. The Morgan fingerprint density at radius 1 is 1.13 bits per heavy atom. The van der Waals surface area contributed by atoms with Crippen LogP contribution in [0, 0.1) is 5.41 Å². The highest BCUT2D eigenvalue weighted by molar-refractivity contribution is 6.69. The smallest absolute Gasteiger partial charge is 0.224 e. The first-order valence-electron chi connectivity index (χ1n) is 7.92. The van der Waals surface area contributed by atoms with Gasteiger partial charge in [0.15, 0.2) is 0 Å². The Hall–Kier alpha value is -2.14. The average Bonchev–Trinajstić information content (AvgIpc) is 2.57. The molecule has 23 heavy (non-hydrogen) atoms. The van der Waals surface area contributed by atoms with Crippen LogP contribution in [-0.2, 0) is 0 Å². The number of rotatable bonds is 5. The zero-order valence-corrected chi connectivity index (χ0v) is 13.6. The maximum absolute atomic E-state index is 7.69. The summed E-state index contributed by atoms with van der Waals surface area (Å²) in [4.78, 5) is 8.83.